The molecule has 4 aromatic rings. The van der Waals surface area contributed by atoms with Crippen molar-refractivity contribution in [3.8, 4) is 22.3 Å². The lowest BCUT2D eigenvalue weighted by molar-refractivity contribution is 0.199. The van der Waals surface area contributed by atoms with Gasteiger partial charge >= 0.3 is 0 Å². The van der Waals surface area contributed by atoms with Crippen molar-refractivity contribution in [1.29, 1.82) is 0 Å². The highest BCUT2D eigenvalue weighted by Gasteiger charge is 2.19. The van der Waals surface area contributed by atoms with Crippen LogP contribution in [0.4, 0.5) is 0 Å². The van der Waals surface area contributed by atoms with Gasteiger partial charge in [0.05, 0.1) is 21.3 Å². The first kappa shape index (κ1) is 46.6. The molecule has 8 nitrogen and oxygen atoms in total. The van der Waals surface area contributed by atoms with Crippen molar-refractivity contribution in [1.82, 2.24) is 10.2 Å². The van der Waals surface area contributed by atoms with Crippen LogP contribution in [-0.2, 0) is 42.0 Å². The van der Waals surface area contributed by atoms with Crippen LogP contribution in [0.2, 0.25) is 0 Å². The number of ether oxygens (including phenoxy) is 2. The maximum Gasteiger partial charge on any atom is 0.178 e. The van der Waals surface area contributed by atoms with E-state index in [1.807, 2.05) is 48.5 Å². The number of hydrogen-bond acceptors (Lipinski definition) is 8. The summed E-state index contributed by atoms with van der Waals surface area (Å²) < 4.78 is 58.9. The van der Waals surface area contributed by atoms with Gasteiger partial charge in [0.15, 0.2) is 19.7 Å². The second kappa shape index (κ2) is 24.1. The van der Waals surface area contributed by atoms with Gasteiger partial charge in [-0.1, -0.05) is 72.8 Å². The Morgan fingerprint density at radius 3 is 1.40 bits per heavy atom. The highest BCUT2D eigenvalue weighted by atomic mass is 35.5. The fourth-order valence-corrected chi connectivity index (χ4v) is 9.81. The summed E-state index contributed by atoms with van der Waals surface area (Å²) in [4.78, 5) is 3.31. The van der Waals surface area contributed by atoms with Crippen LogP contribution in [0.1, 0.15) is 63.5 Å². The van der Waals surface area contributed by atoms with Gasteiger partial charge < -0.3 is 19.7 Å². The molecule has 2 aliphatic rings. The third-order valence-corrected chi connectivity index (χ3v) is 14.4. The molecule has 57 heavy (non-hydrogen) atoms. The van der Waals surface area contributed by atoms with Crippen LogP contribution in [0.3, 0.4) is 0 Å². The third-order valence-electron chi connectivity index (χ3n) is 10.6. The van der Waals surface area contributed by atoms with Crippen molar-refractivity contribution in [2.45, 2.75) is 87.1 Å². The molecule has 0 amide bonds. The number of nitrogens with one attached hydrogen (secondary N) is 1. The van der Waals surface area contributed by atoms with Gasteiger partial charge in [-0.25, -0.2) is 16.8 Å². The molecular weight excluding hydrogens is 776 g/mol. The van der Waals surface area contributed by atoms with Gasteiger partial charge in [-0.3, -0.25) is 0 Å². The Hall–Kier alpha value is -3.09. The van der Waals surface area contributed by atoms with Crippen LogP contribution in [0.15, 0.2) is 107 Å². The monoisotopic (exact) mass is 838 g/mol. The lowest BCUT2D eigenvalue weighted by atomic mass is 10.0. The molecule has 2 heterocycles. The molecule has 1 N–H and O–H groups in total. The molecule has 0 aliphatic carbocycles. The van der Waals surface area contributed by atoms with Crippen LogP contribution in [-0.4, -0.2) is 98.3 Å². The smallest absolute Gasteiger partial charge is 0.178 e. The molecule has 0 spiro atoms. The zero-order valence-corrected chi connectivity index (χ0v) is 36.7. The molecule has 0 saturated carbocycles. The van der Waals surface area contributed by atoms with Gasteiger partial charge in [0.1, 0.15) is 0 Å². The number of benzene rings is 4. The van der Waals surface area contributed by atoms with E-state index in [4.69, 9.17) is 21.1 Å². The first-order valence-corrected chi connectivity index (χ1v) is 24.1. The summed E-state index contributed by atoms with van der Waals surface area (Å²) in [5.41, 5.74) is 6.75. The van der Waals surface area contributed by atoms with Crippen LogP contribution in [0.5, 0.6) is 0 Å². The Labute approximate surface area is 348 Å². The fourth-order valence-electron chi connectivity index (χ4n) is 7.02. The second-order valence-electron chi connectivity index (χ2n) is 15.0. The van der Waals surface area contributed by atoms with Gasteiger partial charge in [0, 0.05) is 51.9 Å². The average Bonchev–Trinajstić information content (AvgIpc) is 3.88. The Bertz CT molecular complexity index is 1950. The molecule has 2 fully saturated rings. The highest BCUT2D eigenvalue weighted by Crippen LogP contribution is 2.25. The zero-order chi connectivity index (χ0) is 41.1. The molecule has 4 aromatic carbocycles. The average molecular weight is 840 g/mol. The van der Waals surface area contributed by atoms with Gasteiger partial charge in [-0.05, 0) is 136 Å². The van der Waals surface area contributed by atoms with E-state index < -0.39 is 19.7 Å². The van der Waals surface area contributed by atoms with E-state index in [1.165, 1.54) is 49.9 Å². The molecule has 312 valence electrons. The number of alkyl halides is 1. The quantitative estimate of drug-likeness (QED) is 0.0832. The maximum absolute atomic E-state index is 12.3. The SMILES string of the molecule is COCCCS(=O)(=O)c1ccc(-c2ccc(CCCl)cc2)cc1.COCCCS(=O)(=O)c1ccc(-c2ccc(CCN3CCC[C@H]3C)cc2)cc1.C[C@@H]1CCCN1. The summed E-state index contributed by atoms with van der Waals surface area (Å²) >= 11 is 5.73. The number of rotatable bonds is 17. The Morgan fingerprint density at radius 2 is 1.07 bits per heavy atom. The Morgan fingerprint density at radius 1 is 0.632 bits per heavy atom. The normalized spacial score (nSPS) is 17.1. The summed E-state index contributed by atoms with van der Waals surface area (Å²) in [6, 6.07) is 32.5. The number of aryl methyl sites for hydroxylation is 1. The van der Waals surface area contributed by atoms with Crippen molar-refractivity contribution in [3.05, 3.63) is 108 Å². The van der Waals surface area contributed by atoms with Crippen molar-refractivity contribution < 1.29 is 26.3 Å². The largest absolute Gasteiger partial charge is 0.385 e. The highest BCUT2D eigenvalue weighted by molar-refractivity contribution is 7.91. The van der Waals surface area contributed by atoms with E-state index in [0.29, 0.717) is 47.8 Å². The molecule has 2 aliphatic heterocycles. The molecule has 2 atom stereocenters. The summed E-state index contributed by atoms with van der Waals surface area (Å²) in [7, 11) is -3.33. The fraction of sp³-hybridized carbons (Fsp3) is 0.478. The zero-order valence-electron chi connectivity index (χ0n) is 34.3. The number of sulfone groups is 2. The minimum atomic E-state index is -3.24. The molecular formula is C46H63ClN2O6S2. The van der Waals surface area contributed by atoms with Gasteiger partial charge in [0.2, 0.25) is 0 Å². The van der Waals surface area contributed by atoms with Gasteiger partial charge in [-0.2, -0.15) is 0 Å². The lowest BCUT2D eigenvalue weighted by Crippen LogP contribution is -2.28. The first-order valence-electron chi connectivity index (χ1n) is 20.3. The van der Waals surface area contributed by atoms with Crippen LogP contribution in [0, 0.1) is 0 Å². The van der Waals surface area contributed by atoms with Crippen LogP contribution >= 0.6 is 11.6 Å². The molecule has 2 saturated heterocycles. The number of likely N-dealkylation sites (tertiary alicyclic amines) is 1. The number of halogens is 1. The summed E-state index contributed by atoms with van der Waals surface area (Å²) in [5.74, 6) is 0.826. The van der Waals surface area contributed by atoms with E-state index >= 15 is 0 Å². The molecule has 6 rings (SSSR count). The summed E-state index contributed by atoms with van der Waals surface area (Å²) in [6.07, 6.45) is 8.32. The molecule has 11 heteroatoms. The van der Waals surface area contributed by atoms with Gasteiger partial charge in [0.25, 0.3) is 0 Å². The predicted octanol–water partition coefficient (Wildman–Crippen LogP) is 8.89. The summed E-state index contributed by atoms with van der Waals surface area (Å²) in [6.45, 7) is 9.04. The minimum absolute atomic E-state index is 0.104. The second-order valence-corrected chi connectivity index (χ2v) is 19.6. The summed E-state index contributed by atoms with van der Waals surface area (Å²) in [5, 5.41) is 3.32. The van der Waals surface area contributed by atoms with Crippen molar-refractivity contribution in [2.24, 2.45) is 0 Å². The van der Waals surface area contributed by atoms with Crippen LogP contribution in [0.25, 0.3) is 22.3 Å². The van der Waals surface area contributed by atoms with E-state index in [2.05, 4.69) is 48.3 Å². The van der Waals surface area contributed by atoms with E-state index in [0.717, 1.165) is 47.7 Å². The Balaban J connectivity index is 0.000000223. The van der Waals surface area contributed by atoms with E-state index in [-0.39, 0.29) is 11.5 Å². The minimum Gasteiger partial charge on any atom is -0.385 e. The third kappa shape index (κ3) is 15.5. The van der Waals surface area contributed by atoms with Crippen LogP contribution < -0.4 is 5.32 Å². The molecule has 0 radical (unpaired) electrons. The number of nitrogens with zero attached hydrogens (tertiary/aromatic N) is 1. The standard InChI is InChI=1S/C23H31NO3S.C18H21ClO3S.C5H11N/c1-19-5-3-15-24(19)16-14-20-6-8-21(9-7-20)22-10-12-23(13-11-22)28(25,26)18-4-17-27-2;1-22-13-2-14-23(20,21)18-9-7-17(8-10-18)16-5-3-15(4-6-16)11-12-19;1-5-3-2-4-6-5/h6-13,19H,3-5,14-18H2,1-2H3;3-10H,2,11-14H2,1H3;5-6H,2-4H2,1H3/t19-;;5-/m1.1/s1. The first-order chi connectivity index (χ1) is 27.5. The van der Waals surface area contributed by atoms with Crippen molar-refractivity contribution >= 4 is 31.3 Å². The van der Waals surface area contributed by atoms with Crippen molar-refractivity contribution in [2.75, 3.05) is 64.5 Å². The topological polar surface area (TPSA) is 102 Å². The van der Waals surface area contributed by atoms with E-state index in [9.17, 15) is 16.8 Å². The maximum atomic E-state index is 12.3. The number of methoxy groups -OCH3 is 2. The van der Waals surface area contributed by atoms with E-state index in [1.54, 1.807) is 38.5 Å². The number of hydrogen-bond donors (Lipinski definition) is 1. The molecule has 0 unspecified atom stereocenters. The van der Waals surface area contributed by atoms with Crippen molar-refractivity contribution in [3.63, 3.8) is 0 Å². The Kier molecular flexibility index (Phi) is 19.7. The van der Waals surface area contributed by atoms with Gasteiger partial charge in [-0.15, -0.1) is 11.6 Å². The predicted molar refractivity (Wildman–Crippen MR) is 236 cm³/mol. The molecule has 0 aromatic heterocycles. The lowest BCUT2D eigenvalue weighted by Gasteiger charge is -2.20. The molecule has 0 bridgehead atoms.